The molecule has 0 bridgehead atoms. The van der Waals surface area contributed by atoms with Crippen LogP contribution in [0, 0.1) is 5.92 Å². The highest BCUT2D eigenvalue weighted by Crippen LogP contribution is 2.05. The van der Waals surface area contributed by atoms with Crippen molar-refractivity contribution in [1.29, 1.82) is 0 Å². The predicted molar refractivity (Wildman–Crippen MR) is 64.3 cm³/mol. The van der Waals surface area contributed by atoms with Gasteiger partial charge < -0.3 is 10.5 Å². The summed E-state index contributed by atoms with van der Waals surface area (Å²) < 4.78 is 4.97. The molecule has 0 aromatic heterocycles. The normalized spacial score (nSPS) is 13.2. The molecule has 0 saturated heterocycles. The summed E-state index contributed by atoms with van der Waals surface area (Å²) in [6.45, 7) is 9.19. The first-order chi connectivity index (χ1) is 7.20. The number of carbonyl (C=O) groups is 1. The Hall–Kier alpha value is -1.59. The van der Waals surface area contributed by atoms with Gasteiger partial charge in [0.05, 0.1) is 0 Å². The van der Waals surface area contributed by atoms with E-state index in [9.17, 15) is 4.79 Å². The number of alkyl carbamates (subject to hydrolysis) is 1. The van der Waals surface area contributed by atoms with E-state index in [1.54, 1.807) is 27.0 Å². The second-order valence-corrected chi connectivity index (χ2v) is 4.62. The summed E-state index contributed by atoms with van der Waals surface area (Å²) in [4.78, 5) is 11.2. The van der Waals surface area contributed by atoms with E-state index in [4.69, 9.17) is 10.5 Å². The van der Waals surface area contributed by atoms with Crippen molar-refractivity contribution < 1.29 is 9.53 Å². The van der Waals surface area contributed by atoms with E-state index in [0.717, 1.165) is 0 Å². The minimum absolute atomic E-state index is 0.0915. The molecule has 0 aliphatic heterocycles. The molecule has 1 amide bonds. The van der Waals surface area contributed by atoms with Crippen LogP contribution >= 0.6 is 0 Å². The third-order valence-corrected chi connectivity index (χ3v) is 1.16. The highest BCUT2D eigenvalue weighted by Gasteiger charge is 2.16. The zero-order valence-corrected chi connectivity index (χ0v) is 10.4. The van der Waals surface area contributed by atoms with Gasteiger partial charge in [-0.25, -0.2) is 4.79 Å². The molecular weight excluding hydrogens is 208 g/mol. The molecule has 6 heteroatoms. The SMILES string of the molecule is CC(C)/C=N/N=C(\N)NC(=O)OC(C)(C)C. The molecule has 0 aromatic rings. The number of guanidine groups is 1. The van der Waals surface area contributed by atoms with E-state index < -0.39 is 11.7 Å². The Balaban J connectivity index is 4.14. The fourth-order valence-electron chi connectivity index (χ4n) is 0.662. The van der Waals surface area contributed by atoms with Crippen molar-refractivity contribution in [2.24, 2.45) is 21.9 Å². The van der Waals surface area contributed by atoms with E-state index in [0.29, 0.717) is 0 Å². The van der Waals surface area contributed by atoms with Crippen molar-refractivity contribution in [3.63, 3.8) is 0 Å². The molecule has 0 unspecified atom stereocenters. The summed E-state index contributed by atoms with van der Waals surface area (Å²) in [5.41, 5.74) is 4.84. The number of nitrogens with one attached hydrogen (secondary N) is 1. The smallest absolute Gasteiger partial charge is 0.414 e. The monoisotopic (exact) mass is 228 g/mol. The zero-order valence-electron chi connectivity index (χ0n) is 10.4. The topological polar surface area (TPSA) is 89.1 Å². The van der Waals surface area contributed by atoms with Gasteiger partial charge in [0.1, 0.15) is 5.60 Å². The van der Waals surface area contributed by atoms with Gasteiger partial charge in [0, 0.05) is 6.21 Å². The third kappa shape index (κ3) is 8.98. The minimum atomic E-state index is -0.645. The fourth-order valence-corrected chi connectivity index (χ4v) is 0.662. The van der Waals surface area contributed by atoms with E-state index in [1.807, 2.05) is 13.8 Å². The lowest BCUT2D eigenvalue weighted by Crippen LogP contribution is -2.40. The van der Waals surface area contributed by atoms with Gasteiger partial charge in [-0.15, -0.1) is 5.10 Å². The van der Waals surface area contributed by atoms with E-state index in [1.165, 1.54) is 0 Å². The second kappa shape index (κ2) is 6.09. The van der Waals surface area contributed by atoms with Gasteiger partial charge in [-0.3, -0.25) is 5.32 Å². The van der Waals surface area contributed by atoms with Crippen LogP contribution in [0.3, 0.4) is 0 Å². The van der Waals surface area contributed by atoms with Gasteiger partial charge in [-0.2, -0.15) is 5.10 Å². The predicted octanol–water partition coefficient (Wildman–Crippen LogP) is 1.47. The fraction of sp³-hybridized carbons (Fsp3) is 0.700. The third-order valence-electron chi connectivity index (χ3n) is 1.16. The largest absolute Gasteiger partial charge is 0.444 e. The number of hydrogen-bond donors (Lipinski definition) is 2. The Bertz CT molecular complexity index is 290. The summed E-state index contributed by atoms with van der Waals surface area (Å²) in [7, 11) is 0. The second-order valence-electron chi connectivity index (χ2n) is 4.62. The van der Waals surface area contributed by atoms with Crippen LogP contribution in [0.5, 0.6) is 0 Å². The lowest BCUT2D eigenvalue weighted by Gasteiger charge is -2.19. The van der Waals surface area contributed by atoms with Gasteiger partial charge in [-0.1, -0.05) is 13.8 Å². The quantitative estimate of drug-likeness (QED) is 0.426. The first kappa shape index (κ1) is 14.4. The Kier molecular flexibility index (Phi) is 5.49. The maximum Gasteiger partial charge on any atom is 0.414 e. The average molecular weight is 228 g/mol. The number of ether oxygens (including phenoxy) is 1. The molecule has 0 heterocycles. The highest BCUT2D eigenvalue weighted by molar-refractivity contribution is 5.93. The van der Waals surface area contributed by atoms with Gasteiger partial charge in [0.2, 0.25) is 5.96 Å². The number of hydrogen-bond acceptors (Lipinski definition) is 4. The molecule has 0 aliphatic carbocycles. The molecule has 0 radical (unpaired) electrons. The van der Waals surface area contributed by atoms with E-state index in [2.05, 4.69) is 15.5 Å². The lowest BCUT2D eigenvalue weighted by atomic mass is 10.2. The number of nitrogens with two attached hydrogens (primary N) is 1. The molecule has 0 aliphatic rings. The molecule has 0 rings (SSSR count). The van der Waals surface area contributed by atoms with Crippen LogP contribution in [0.2, 0.25) is 0 Å². The van der Waals surface area contributed by atoms with Crippen molar-refractivity contribution >= 4 is 18.3 Å². The van der Waals surface area contributed by atoms with E-state index >= 15 is 0 Å². The number of amides is 1. The summed E-state index contributed by atoms with van der Waals surface area (Å²) in [6.07, 6.45) is 0.970. The Morgan fingerprint density at radius 1 is 1.44 bits per heavy atom. The van der Waals surface area contributed by atoms with Crippen LogP contribution in [0.4, 0.5) is 4.79 Å². The average Bonchev–Trinajstić information content (AvgIpc) is 1.98. The van der Waals surface area contributed by atoms with Crippen LogP contribution in [0.25, 0.3) is 0 Å². The molecule has 0 aromatic carbocycles. The highest BCUT2D eigenvalue weighted by atomic mass is 16.6. The van der Waals surface area contributed by atoms with Crippen LogP contribution in [0.1, 0.15) is 34.6 Å². The first-order valence-corrected chi connectivity index (χ1v) is 5.07. The van der Waals surface area contributed by atoms with Crippen LogP contribution < -0.4 is 11.1 Å². The van der Waals surface area contributed by atoms with Crippen LogP contribution in [-0.2, 0) is 4.74 Å². The maximum atomic E-state index is 11.2. The molecule has 0 spiro atoms. The first-order valence-electron chi connectivity index (χ1n) is 5.07. The summed E-state index contributed by atoms with van der Waals surface area (Å²) in [6, 6.07) is 0. The summed E-state index contributed by atoms with van der Waals surface area (Å²) >= 11 is 0. The van der Waals surface area contributed by atoms with Crippen molar-refractivity contribution in [1.82, 2.24) is 5.32 Å². The molecule has 0 saturated carbocycles. The molecule has 3 N–H and O–H groups in total. The Morgan fingerprint density at radius 2 is 2.00 bits per heavy atom. The lowest BCUT2D eigenvalue weighted by molar-refractivity contribution is 0.0562. The van der Waals surface area contributed by atoms with Crippen molar-refractivity contribution in [2.45, 2.75) is 40.2 Å². The number of carbonyl (C=O) groups excluding carboxylic acids is 1. The standard InChI is InChI=1S/C10H20N4O2/c1-7(2)6-12-14-8(11)13-9(15)16-10(3,4)5/h6-7H,1-5H3,(H3,11,13,14,15)/b12-6+. The molecule has 92 valence electrons. The van der Waals surface area contributed by atoms with E-state index in [-0.39, 0.29) is 11.9 Å². The van der Waals surface area contributed by atoms with Gasteiger partial charge in [0.15, 0.2) is 0 Å². The molecular formula is C10H20N4O2. The Morgan fingerprint density at radius 3 is 2.44 bits per heavy atom. The van der Waals surface area contributed by atoms with Crippen molar-refractivity contribution in [3.05, 3.63) is 0 Å². The molecule has 6 nitrogen and oxygen atoms in total. The van der Waals surface area contributed by atoms with Crippen molar-refractivity contribution in [3.8, 4) is 0 Å². The minimum Gasteiger partial charge on any atom is -0.444 e. The molecule has 16 heavy (non-hydrogen) atoms. The number of rotatable bonds is 2. The van der Waals surface area contributed by atoms with Crippen LogP contribution in [0.15, 0.2) is 10.2 Å². The summed E-state index contributed by atoms with van der Waals surface area (Å²) in [5.74, 6) is 0.184. The Labute approximate surface area is 95.9 Å². The zero-order chi connectivity index (χ0) is 12.8. The molecule has 0 fully saturated rings. The van der Waals surface area contributed by atoms with Crippen LogP contribution in [-0.4, -0.2) is 23.9 Å². The molecule has 0 atom stereocenters. The van der Waals surface area contributed by atoms with Crippen molar-refractivity contribution in [2.75, 3.05) is 0 Å². The van der Waals surface area contributed by atoms with Gasteiger partial charge >= 0.3 is 6.09 Å². The number of nitrogens with zero attached hydrogens (tertiary/aromatic N) is 2. The summed E-state index contributed by atoms with van der Waals surface area (Å²) in [5, 5.41) is 9.54. The van der Waals surface area contributed by atoms with Gasteiger partial charge in [-0.05, 0) is 26.7 Å². The van der Waals surface area contributed by atoms with Gasteiger partial charge in [0.25, 0.3) is 0 Å². The maximum absolute atomic E-state index is 11.2.